The fraction of sp³-hybridized carbons (Fsp3) is 0. The highest BCUT2D eigenvalue weighted by Crippen LogP contribution is 2.28. The van der Waals surface area contributed by atoms with Gasteiger partial charge in [-0.15, -0.1) is 0 Å². The molecule has 0 aliphatic carbocycles. The van der Waals surface area contributed by atoms with Crippen molar-refractivity contribution in [3.8, 4) is 0 Å². The Kier molecular flexibility index (Phi) is 2.64. The van der Waals surface area contributed by atoms with Crippen molar-refractivity contribution in [2.75, 3.05) is 5.32 Å². The van der Waals surface area contributed by atoms with Crippen molar-refractivity contribution in [1.29, 1.82) is 0 Å². The fourth-order valence-corrected chi connectivity index (χ4v) is 2.04. The van der Waals surface area contributed by atoms with Crippen molar-refractivity contribution in [3.63, 3.8) is 0 Å². The maximum atomic E-state index is 11.4. The first-order chi connectivity index (χ1) is 9.25. The summed E-state index contributed by atoms with van der Waals surface area (Å²) >= 11 is 0. The van der Waals surface area contributed by atoms with Gasteiger partial charge in [0.2, 0.25) is 0 Å². The number of aromatic nitrogens is 2. The smallest absolute Gasteiger partial charge is 0.340 e. The number of para-hydroxylation sites is 1. The summed E-state index contributed by atoms with van der Waals surface area (Å²) in [5.41, 5.74) is 1.75. The predicted molar refractivity (Wildman–Crippen MR) is 72.8 cm³/mol. The van der Waals surface area contributed by atoms with E-state index in [1.807, 2.05) is 24.3 Å². The van der Waals surface area contributed by atoms with Gasteiger partial charge in [-0.1, -0.05) is 18.2 Å². The van der Waals surface area contributed by atoms with Gasteiger partial charge in [-0.3, -0.25) is 4.98 Å². The third kappa shape index (κ3) is 2.01. The zero-order valence-corrected chi connectivity index (χ0v) is 9.92. The molecule has 0 unspecified atom stereocenters. The third-order valence-electron chi connectivity index (χ3n) is 2.85. The van der Waals surface area contributed by atoms with Gasteiger partial charge in [-0.2, -0.15) is 0 Å². The molecule has 3 rings (SSSR count). The van der Waals surface area contributed by atoms with Crippen LogP contribution >= 0.6 is 0 Å². The average Bonchev–Trinajstić information content (AvgIpc) is 2.77. The molecule has 3 N–H and O–H groups in total. The Morgan fingerprint density at radius 3 is 2.79 bits per heavy atom. The van der Waals surface area contributed by atoms with Gasteiger partial charge in [0.1, 0.15) is 11.4 Å². The maximum absolute atomic E-state index is 11.4. The number of aromatic carboxylic acids is 1. The van der Waals surface area contributed by atoms with Gasteiger partial charge in [0, 0.05) is 17.1 Å². The highest BCUT2D eigenvalue weighted by molar-refractivity contribution is 6.09. The number of H-pyrrole nitrogens is 1. The molecule has 0 bridgehead atoms. The number of carbonyl (C=O) groups is 1. The number of aromatic amines is 1. The van der Waals surface area contributed by atoms with E-state index < -0.39 is 5.97 Å². The molecule has 0 aliphatic heterocycles. The Hall–Kier alpha value is -2.82. The number of nitrogens with zero attached hydrogens (tertiary/aromatic N) is 1. The molecular weight excluding hydrogens is 242 g/mol. The first kappa shape index (κ1) is 11.3. The van der Waals surface area contributed by atoms with E-state index in [0.717, 1.165) is 11.2 Å². The number of hydrogen-bond donors (Lipinski definition) is 3. The van der Waals surface area contributed by atoms with Crippen LogP contribution in [0, 0.1) is 0 Å². The number of hydrogen-bond acceptors (Lipinski definition) is 3. The number of nitrogens with one attached hydrogen (secondary N) is 2. The quantitative estimate of drug-likeness (QED) is 0.670. The molecule has 0 saturated carbocycles. The molecule has 0 saturated heterocycles. The summed E-state index contributed by atoms with van der Waals surface area (Å²) in [6.07, 6.45) is 3.30. The van der Waals surface area contributed by atoms with Crippen molar-refractivity contribution in [2.24, 2.45) is 0 Å². The van der Waals surface area contributed by atoms with Gasteiger partial charge >= 0.3 is 5.97 Å². The molecule has 2 heterocycles. The van der Waals surface area contributed by atoms with Gasteiger partial charge < -0.3 is 15.4 Å². The second-order valence-corrected chi connectivity index (χ2v) is 4.09. The summed E-state index contributed by atoms with van der Waals surface area (Å²) in [7, 11) is 0. The average molecular weight is 253 g/mol. The van der Waals surface area contributed by atoms with Crippen LogP contribution in [-0.4, -0.2) is 21.0 Å². The van der Waals surface area contributed by atoms with E-state index in [2.05, 4.69) is 15.3 Å². The molecule has 0 spiro atoms. The summed E-state index contributed by atoms with van der Waals surface area (Å²) < 4.78 is 0. The third-order valence-corrected chi connectivity index (χ3v) is 2.85. The van der Waals surface area contributed by atoms with Gasteiger partial charge in [-0.05, 0) is 18.2 Å². The highest BCUT2D eigenvalue weighted by atomic mass is 16.4. The molecule has 0 aliphatic rings. The molecule has 5 nitrogen and oxygen atoms in total. The van der Waals surface area contributed by atoms with Crippen molar-refractivity contribution < 1.29 is 9.90 Å². The molecule has 5 heteroatoms. The lowest BCUT2D eigenvalue weighted by atomic mass is 10.1. The molecule has 3 aromatic rings. The summed E-state index contributed by atoms with van der Waals surface area (Å²) in [6.45, 7) is 0. The normalized spacial score (nSPS) is 10.5. The van der Waals surface area contributed by atoms with Gasteiger partial charge in [0.15, 0.2) is 0 Å². The first-order valence-corrected chi connectivity index (χ1v) is 5.77. The van der Waals surface area contributed by atoms with Crippen molar-refractivity contribution in [1.82, 2.24) is 9.97 Å². The minimum atomic E-state index is -0.969. The van der Waals surface area contributed by atoms with E-state index in [1.54, 1.807) is 24.5 Å². The van der Waals surface area contributed by atoms with Crippen LogP contribution in [0.25, 0.3) is 10.9 Å². The summed E-state index contributed by atoms with van der Waals surface area (Å²) in [5.74, 6) is -0.509. The molecule has 0 atom stereocenters. The van der Waals surface area contributed by atoms with E-state index in [-0.39, 0.29) is 5.56 Å². The standard InChI is InChI=1S/C14H11N3O2/c18-14(19)12-10-5-1-2-6-11(10)17-13(12)16-9-4-3-7-15-8-9/h1-8,16-17H,(H,18,19). The molecular formula is C14H11N3O2. The minimum Gasteiger partial charge on any atom is -0.478 e. The number of rotatable bonds is 3. The zero-order valence-electron chi connectivity index (χ0n) is 9.92. The molecule has 2 aromatic heterocycles. The van der Waals surface area contributed by atoms with Gasteiger partial charge in [-0.25, -0.2) is 4.79 Å². The molecule has 19 heavy (non-hydrogen) atoms. The fourth-order valence-electron chi connectivity index (χ4n) is 2.04. The van der Waals surface area contributed by atoms with Crippen molar-refractivity contribution >= 4 is 28.4 Å². The Labute approximate surface area is 108 Å². The molecule has 0 amide bonds. The van der Waals surface area contributed by atoms with Gasteiger partial charge in [0.05, 0.1) is 11.9 Å². The number of anilines is 2. The molecule has 94 valence electrons. The Morgan fingerprint density at radius 2 is 2.05 bits per heavy atom. The summed E-state index contributed by atoms with van der Waals surface area (Å²) in [4.78, 5) is 18.5. The zero-order chi connectivity index (χ0) is 13.2. The Bertz CT molecular complexity index is 735. The van der Waals surface area contributed by atoms with Crippen LogP contribution in [0.2, 0.25) is 0 Å². The van der Waals surface area contributed by atoms with Crippen LogP contribution in [0.5, 0.6) is 0 Å². The predicted octanol–water partition coefficient (Wildman–Crippen LogP) is 3.00. The first-order valence-electron chi connectivity index (χ1n) is 5.77. The largest absolute Gasteiger partial charge is 0.478 e. The summed E-state index contributed by atoms with van der Waals surface area (Å²) in [6, 6.07) is 10.9. The SMILES string of the molecule is O=C(O)c1c(Nc2cccnc2)[nH]c2ccccc12. The number of carboxylic acids is 1. The van der Waals surface area contributed by atoms with E-state index in [1.165, 1.54) is 0 Å². The lowest BCUT2D eigenvalue weighted by molar-refractivity contribution is 0.0700. The Morgan fingerprint density at radius 1 is 1.21 bits per heavy atom. The second kappa shape index (κ2) is 4.45. The van der Waals surface area contributed by atoms with E-state index >= 15 is 0 Å². The summed E-state index contributed by atoms with van der Waals surface area (Å²) in [5, 5.41) is 13.1. The van der Waals surface area contributed by atoms with Crippen LogP contribution in [0.15, 0.2) is 48.8 Å². The minimum absolute atomic E-state index is 0.236. The lowest BCUT2D eigenvalue weighted by Crippen LogP contribution is -2.01. The molecule has 1 aromatic carbocycles. The van der Waals surface area contributed by atoms with Crippen LogP contribution in [0.1, 0.15) is 10.4 Å². The van der Waals surface area contributed by atoms with Crippen molar-refractivity contribution in [2.45, 2.75) is 0 Å². The number of fused-ring (bicyclic) bond motifs is 1. The lowest BCUT2D eigenvalue weighted by Gasteiger charge is -2.04. The molecule has 0 fully saturated rings. The Balaban J connectivity index is 2.13. The van der Waals surface area contributed by atoms with E-state index in [0.29, 0.717) is 11.2 Å². The van der Waals surface area contributed by atoms with Crippen LogP contribution in [-0.2, 0) is 0 Å². The van der Waals surface area contributed by atoms with Crippen LogP contribution in [0.4, 0.5) is 11.5 Å². The monoisotopic (exact) mass is 253 g/mol. The number of benzene rings is 1. The topological polar surface area (TPSA) is 78.0 Å². The van der Waals surface area contributed by atoms with Crippen LogP contribution in [0.3, 0.4) is 0 Å². The molecule has 0 radical (unpaired) electrons. The second-order valence-electron chi connectivity index (χ2n) is 4.09. The van der Waals surface area contributed by atoms with E-state index in [4.69, 9.17) is 0 Å². The van der Waals surface area contributed by atoms with Crippen molar-refractivity contribution in [3.05, 3.63) is 54.4 Å². The number of pyridine rings is 1. The van der Waals surface area contributed by atoms with Gasteiger partial charge in [0.25, 0.3) is 0 Å². The van der Waals surface area contributed by atoms with E-state index in [9.17, 15) is 9.90 Å². The van der Waals surface area contributed by atoms with Crippen LogP contribution < -0.4 is 5.32 Å². The maximum Gasteiger partial charge on any atom is 0.340 e. The number of carboxylic acid groups (broad SMARTS) is 1. The highest BCUT2D eigenvalue weighted by Gasteiger charge is 2.17.